The lowest BCUT2D eigenvalue weighted by molar-refractivity contribution is -0.113. The zero-order chi connectivity index (χ0) is 21.8. The molecule has 0 aliphatic heterocycles. The van der Waals surface area contributed by atoms with Gasteiger partial charge in [-0.3, -0.25) is 4.79 Å². The minimum atomic E-state index is -0.139. The van der Waals surface area contributed by atoms with Gasteiger partial charge in [0.25, 0.3) is 0 Å². The lowest BCUT2D eigenvalue weighted by Gasteiger charge is -2.12. The second-order valence-electron chi connectivity index (χ2n) is 7.30. The third-order valence-corrected chi connectivity index (χ3v) is 6.11. The Kier molecular flexibility index (Phi) is 6.01. The molecule has 0 bridgehead atoms. The van der Waals surface area contributed by atoms with Crippen molar-refractivity contribution in [2.75, 3.05) is 11.1 Å². The van der Waals surface area contributed by atoms with Crippen molar-refractivity contribution in [2.24, 2.45) is 0 Å². The number of para-hydroxylation sites is 1. The summed E-state index contributed by atoms with van der Waals surface area (Å²) in [5, 5.41) is 14.2. The van der Waals surface area contributed by atoms with Crippen molar-refractivity contribution in [3.8, 4) is 17.2 Å². The number of rotatable bonds is 5. The molecule has 0 atom stereocenters. The van der Waals surface area contributed by atoms with Gasteiger partial charge in [0.15, 0.2) is 0 Å². The van der Waals surface area contributed by atoms with Gasteiger partial charge < -0.3 is 5.32 Å². The number of amides is 1. The number of aromatic nitrogens is 1. The molecular formula is C26H21N3OS. The summed E-state index contributed by atoms with van der Waals surface area (Å²) in [6.45, 7) is 4.01. The van der Waals surface area contributed by atoms with Crippen LogP contribution in [-0.4, -0.2) is 16.6 Å². The van der Waals surface area contributed by atoms with E-state index in [2.05, 4.69) is 11.4 Å². The Hall–Kier alpha value is -3.62. The standard InChI is InChI=1S/C26H21N3OS/c1-17-12-13-18(2)25-22(17)14-20(15-27)26(29-25)31-16-24(30)28-23-11-7-6-10-21(23)19-8-4-3-5-9-19/h3-14H,16H2,1-2H3,(H,28,30). The normalized spacial score (nSPS) is 10.6. The topological polar surface area (TPSA) is 65.8 Å². The fourth-order valence-electron chi connectivity index (χ4n) is 3.49. The number of pyridine rings is 1. The van der Waals surface area contributed by atoms with E-state index in [0.717, 1.165) is 38.8 Å². The van der Waals surface area contributed by atoms with Gasteiger partial charge in [0.05, 0.1) is 16.8 Å². The van der Waals surface area contributed by atoms with Gasteiger partial charge >= 0.3 is 0 Å². The van der Waals surface area contributed by atoms with E-state index in [-0.39, 0.29) is 11.7 Å². The maximum atomic E-state index is 12.7. The molecule has 0 saturated heterocycles. The first kappa shape index (κ1) is 20.6. The number of anilines is 1. The summed E-state index contributed by atoms with van der Waals surface area (Å²) >= 11 is 1.28. The van der Waals surface area contributed by atoms with Gasteiger partial charge in [0.1, 0.15) is 11.1 Å². The largest absolute Gasteiger partial charge is 0.325 e. The number of fused-ring (bicyclic) bond motifs is 1. The van der Waals surface area contributed by atoms with Crippen molar-refractivity contribution < 1.29 is 4.79 Å². The van der Waals surface area contributed by atoms with E-state index in [1.54, 1.807) is 0 Å². The third kappa shape index (κ3) is 4.45. The summed E-state index contributed by atoms with van der Waals surface area (Å²) in [6.07, 6.45) is 0. The Balaban J connectivity index is 1.55. The second-order valence-corrected chi connectivity index (χ2v) is 8.26. The smallest absolute Gasteiger partial charge is 0.234 e. The fraction of sp³-hybridized carbons (Fsp3) is 0.115. The van der Waals surface area contributed by atoms with E-state index < -0.39 is 0 Å². The Morgan fingerprint density at radius 3 is 2.48 bits per heavy atom. The number of aryl methyl sites for hydroxylation is 2. The molecule has 0 unspecified atom stereocenters. The Morgan fingerprint density at radius 1 is 1.00 bits per heavy atom. The van der Waals surface area contributed by atoms with Gasteiger partial charge in [-0.25, -0.2) is 4.98 Å². The molecule has 1 heterocycles. The summed E-state index contributed by atoms with van der Waals surface area (Å²) in [4.78, 5) is 17.4. The van der Waals surface area contributed by atoms with Crippen molar-refractivity contribution in [3.63, 3.8) is 0 Å². The van der Waals surface area contributed by atoms with Gasteiger partial charge in [-0.1, -0.05) is 72.4 Å². The predicted molar refractivity (Wildman–Crippen MR) is 127 cm³/mol. The van der Waals surface area contributed by atoms with E-state index in [4.69, 9.17) is 4.98 Å². The van der Waals surface area contributed by atoms with Crippen molar-refractivity contribution in [1.29, 1.82) is 5.26 Å². The Bertz CT molecular complexity index is 1310. The molecule has 31 heavy (non-hydrogen) atoms. The van der Waals surface area contributed by atoms with Crippen LogP contribution in [0.2, 0.25) is 0 Å². The molecule has 4 nitrogen and oxygen atoms in total. The maximum absolute atomic E-state index is 12.7. The first-order valence-corrected chi connectivity index (χ1v) is 10.9. The number of nitriles is 1. The number of carbonyl (C=O) groups is 1. The highest BCUT2D eigenvalue weighted by atomic mass is 32.2. The molecule has 0 fully saturated rings. The van der Waals surface area contributed by atoms with Crippen LogP contribution in [-0.2, 0) is 4.79 Å². The average molecular weight is 424 g/mol. The van der Waals surface area contributed by atoms with Gasteiger partial charge in [0.2, 0.25) is 5.91 Å². The molecule has 1 N–H and O–H groups in total. The second kappa shape index (κ2) is 9.03. The van der Waals surface area contributed by atoms with Crippen LogP contribution >= 0.6 is 11.8 Å². The summed E-state index contributed by atoms with van der Waals surface area (Å²) in [7, 11) is 0. The number of carbonyl (C=O) groups excluding carboxylic acids is 1. The SMILES string of the molecule is Cc1ccc(C)c2nc(SCC(=O)Nc3ccccc3-c3ccccc3)c(C#N)cc12. The monoisotopic (exact) mass is 423 g/mol. The number of nitrogens with one attached hydrogen (secondary N) is 1. The number of hydrogen-bond acceptors (Lipinski definition) is 4. The van der Waals surface area contributed by atoms with E-state index in [0.29, 0.717) is 10.6 Å². The van der Waals surface area contributed by atoms with Crippen molar-refractivity contribution >= 4 is 34.3 Å². The third-order valence-electron chi connectivity index (χ3n) is 5.12. The van der Waals surface area contributed by atoms with E-state index in [1.807, 2.05) is 86.6 Å². The molecule has 0 aliphatic rings. The first-order valence-electron chi connectivity index (χ1n) is 9.95. The summed E-state index contributed by atoms with van der Waals surface area (Å²) in [6, 6.07) is 25.8. The molecular weight excluding hydrogens is 402 g/mol. The molecule has 0 saturated carbocycles. The summed E-state index contributed by atoms with van der Waals surface area (Å²) in [5.41, 5.74) is 6.26. The first-order chi connectivity index (χ1) is 15.1. The van der Waals surface area contributed by atoms with Crippen LogP contribution in [0.15, 0.2) is 77.8 Å². The molecule has 0 spiro atoms. The van der Waals surface area contributed by atoms with Crippen molar-refractivity contribution in [2.45, 2.75) is 18.9 Å². The number of benzene rings is 3. The molecule has 152 valence electrons. The Labute approximate surface area is 185 Å². The van der Waals surface area contributed by atoms with Crippen LogP contribution in [0.1, 0.15) is 16.7 Å². The quantitative estimate of drug-likeness (QED) is 0.393. The van der Waals surface area contributed by atoms with E-state index in [9.17, 15) is 10.1 Å². The molecule has 1 amide bonds. The molecule has 4 rings (SSSR count). The van der Waals surface area contributed by atoms with Gasteiger partial charge in [-0.05, 0) is 42.7 Å². The number of hydrogen-bond donors (Lipinski definition) is 1. The molecule has 0 radical (unpaired) electrons. The van der Waals surface area contributed by atoms with Crippen molar-refractivity contribution in [3.05, 3.63) is 89.5 Å². The van der Waals surface area contributed by atoms with Crippen LogP contribution in [0.3, 0.4) is 0 Å². The van der Waals surface area contributed by atoms with Crippen LogP contribution in [0.4, 0.5) is 5.69 Å². The average Bonchev–Trinajstić information content (AvgIpc) is 2.80. The van der Waals surface area contributed by atoms with Crippen molar-refractivity contribution in [1.82, 2.24) is 4.98 Å². The van der Waals surface area contributed by atoms with E-state index >= 15 is 0 Å². The fourth-order valence-corrected chi connectivity index (χ4v) is 4.24. The lowest BCUT2D eigenvalue weighted by atomic mass is 10.0. The van der Waals surface area contributed by atoms with Crippen LogP contribution in [0, 0.1) is 25.2 Å². The highest BCUT2D eigenvalue weighted by molar-refractivity contribution is 8.00. The zero-order valence-corrected chi connectivity index (χ0v) is 18.2. The van der Waals surface area contributed by atoms with Gasteiger partial charge in [-0.15, -0.1) is 0 Å². The minimum absolute atomic E-state index is 0.139. The maximum Gasteiger partial charge on any atom is 0.234 e. The zero-order valence-electron chi connectivity index (χ0n) is 17.3. The lowest BCUT2D eigenvalue weighted by Crippen LogP contribution is -2.15. The van der Waals surface area contributed by atoms with Crippen LogP contribution in [0.5, 0.6) is 0 Å². The minimum Gasteiger partial charge on any atom is -0.325 e. The number of nitrogens with zero attached hydrogens (tertiary/aromatic N) is 2. The molecule has 5 heteroatoms. The van der Waals surface area contributed by atoms with Crippen LogP contribution in [0.25, 0.3) is 22.0 Å². The number of thioether (sulfide) groups is 1. The predicted octanol–water partition coefficient (Wildman–Crippen LogP) is 6.12. The summed E-state index contributed by atoms with van der Waals surface area (Å²) in [5.74, 6) is 0.0291. The Morgan fingerprint density at radius 2 is 1.71 bits per heavy atom. The summed E-state index contributed by atoms with van der Waals surface area (Å²) < 4.78 is 0. The van der Waals surface area contributed by atoms with Gasteiger partial charge in [-0.2, -0.15) is 5.26 Å². The van der Waals surface area contributed by atoms with Crippen LogP contribution < -0.4 is 5.32 Å². The highest BCUT2D eigenvalue weighted by Crippen LogP contribution is 2.30. The molecule has 0 aliphatic carbocycles. The highest BCUT2D eigenvalue weighted by Gasteiger charge is 2.14. The van der Waals surface area contributed by atoms with E-state index in [1.165, 1.54) is 11.8 Å². The molecule has 3 aromatic carbocycles. The van der Waals surface area contributed by atoms with Gasteiger partial charge in [0, 0.05) is 16.6 Å². The molecule has 1 aromatic heterocycles. The molecule has 4 aromatic rings.